The minimum atomic E-state index is -4.05. The van der Waals surface area contributed by atoms with Crippen LogP contribution >= 0.6 is 0 Å². The Morgan fingerprint density at radius 2 is 1.68 bits per heavy atom. The molecule has 0 aliphatic carbocycles. The highest BCUT2D eigenvalue weighted by Crippen LogP contribution is 2.23. The van der Waals surface area contributed by atoms with Crippen molar-refractivity contribution in [2.75, 3.05) is 18.4 Å². The number of aryl methyl sites for hydroxylation is 1. The van der Waals surface area contributed by atoms with Crippen LogP contribution in [0, 0.1) is 5.92 Å². The summed E-state index contributed by atoms with van der Waals surface area (Å²) in [5.74, 6) is -0.462. The van der Waals surface area contributed by atoms with Gasteiger partial charge in [-0.25, -0.2) is 13.2 Å². The van der Waals surface area contributed by atoms with Crippen molar-refractivity contribution < 1.29 is 13.2 Å². The third kappa shape index (κ3) is 3.78. The maximum Gasteiger partial charge on any atom is 0.330 e. The van der Waals surface area contributed by atoms with Gasteiger partial charge in [0.2, 0.25) is 15.9 Å². The van der Waals surface area contributed by atoms with Crippen LogP contribution in [-0.2, 0) is 28.9 Å². The Balaban J connectivity index is 1.73. The first-order chi connectivity index (χ1) is 13.2. The number of piperidine rings is 1. The number of nitrogens with one attached hydrogen (secondary N) is 1. The van der Waals surface area contributed by atoms with Gasteiger partial charge in [-0.15, -0.1) is 0 Å². The Bertz CT molecular complexity index is 1100. The van der Waals surface area contributed by atoms with E-state index in [0.29, 0.717) is 18.5 Å². The highest BCUT2D eigenvalue weighted by molar-refractivity contribution is 7.89. The zero-order valence-corrected chi connectivity index (χ0v) is 16.5. The van der Waals surface area contributed by atoms with Gasteiger partial charge in [-0.2, -0.15) is 4.31 Å². The molecule has 1 fully saturated rings. The number of anilines is 1. The topological polar surface area (TPSA) is 110 Å². The van der Waals surface area contributed by atoms with Gasteiger partial charge in [0, 0.05) is 45.0 Å². The van der Waals surface area contributed by atoms with Crippen LogP contribution < -0.4 is 16.6 Å². The van der Waals surface area contributed by atoms with Crippen molar-refractivity contribution >= 4 is 21.6 Å². The molecule has 2 heterocycles. The Hall–Kier alpha value is -2.72. The van der Waals surface area contributed by atoms with Crippen LogP contribution in [0.4, 0.5) is 5.69 Å². The van der Waals surface area contributed by atoms with E-state index in [1.54, 1.807) is 12.1 Å². The number of aromatic nitrogens is 2. The zero-order chi connectivity index (χ0) is 20.5. The summed E-state index contributed by atoms with van der Waals surface area (Å²) in [7, 11) is -1.42. The fourth-order valence-electron chi connectivity index (χ4n) is 3.22. The Labute approximate surface area is 162 Å². The lowest BCUT2D eigenvalue weighted by atomic mass is 9.97. The van der Waals surface area contributed by atoms with E-state index in [9.17, 15) is 22.8 Å². The fourth-order valence-corrected chi connectivity index (χ4v) is 4.83. The molecule has 1 N–H and O–H groups in total. The van der Waals surface area contributed by atoms with Gasteiger partial charge in [-0.3, -0.25) is 14.2 Å². The lowest BCUT2D eigenvalue weighted by molar-refractivity contribution is -0.120. The first-order valence-corrected chi connectivity index (χ1v) is 10.3. The number of benzene rings is 1. The van der Waals surface area contributed by atoms with Crippen molar-refractivity contribution in [1.29, 1.82) is 0 Å². The average Bonchev–Trinajstić information content (AvgIpc) is 2.69. The molecule has 1 aliphatic rings. The van der Waals surface area contributed by atoms with E-state index in [-0.39, 0.29) is 24.9 Å². The van der Waals surface area contributed by atoms with Crippen molar-refractivity contribution in [3.05, 3.63) is 57.4 Å². The fraction of sp³-hybridized carbons (Fsp3) is 0.389. The standard InChI is InChI=1S/C18H22N4O5S/c1-20-12-15(17(24)21(2)18(20)25)28(26,27)22-10-8-13(9-11-22)16(23)19-14-6-4-3-5-7-14/h3-7,12-13H,8-11H2,1-2H3,(H,19,23). The Morgan fingerprint density at radius 3 is 2.29 bits per heavy atom. The van der Waals surface area contributed by atoms with Gasteiger partial charge in [-0.05, 0) is 25.0 Å². The van der Waals surface area contributed by atoms with E-state index in [4.69, 9.17) is 0 Å². The summed E-state index contributed by atoms with van der Waals surface area (Å²) >= 11 is 0. The van der Waals surface area contributed by atoms with Gasteiger partial charge >= 0.3 is 5.69 Å². The lowest BCUT2D eigenvalue weighted by Crippen LogP contribution is -2.45. The normalized spacial score (nSPS) is 16.1. The largest absolute Gasteiger partial charge is 0.330 e. The van der Waals surface area contributed by atoms with E-state index >= 15 is 0 Å². The van der Waals surface area contributed by atoms with Crippen molar-refractivity contribution in [3.63, 3.8) is 0 Å². The number of amides is 1. The molecule has 1 aliphatic heterocycles. The predicted octanol–water partition coefficient (Wildman–Crippen LogP) is 0.123. The second-order valence-electron chi connectivity index (χ2n) is 6.78. The first kappa shape index (κ1) is 20.0. The third-order valence-electron chi connectivity index (χ3n) is 4.90. The number of nitrogens with zero attached hydrogens (tertiary/aromatic N) is 3. The molecule has 28 heavy (non-hydrogen) atoms. The number of carbonyl (C=O) groups excluding carboxylic acids is 1. The summed E-state index contributed by atoms with van der Waals surface area (Å²) in [6.07, 6.45) is 1.75. The highest BCUT2D eigenvalue weighted by Gasteiger charge is 2.34. The number of hydrogen-bond donors (Lipinski definition) is 1. The zero-order valence-electron chi connectivity index (χ0n) is 15.7. The molecule has 9 nitrogen and oxygen atoms in total. The van der Waals surface area contributed by atoms with Crippen LogP contribution in [-0.4, -0.2) is 40.9 Å². The van der Waals surface area contributed by atoms with Gasteiger partial charge < -0.3 is 9.88 Å². The summed E-state index contributed by atoms with van der Waals surface area (Å²) < 4.78 is 28.8. The van der Waals surface area contributed by atoms with Crippen LogP contribution in [0.15, 0.2) is 51.0 Å². The lowest BCUT2D eigenvalue weighted by Gasteiger charge is -2.30. The van der Waals surface area contributed by atoms with Crippen molar-refractivity contribution in [2.45, 2.75) is 17.7 Å². The van der Waals surface area contributed by atoms with Crippen LogP contribution in [0.3, 0.4) is 0 Å². The second-order valence-corrected chi connectivity index (χ2v) is 8.69. The number of hydrogen-bond acceptors (Lipinski definition) is 5. The van der Waals surface area contributed by atoms with Gasteiger partial charge in [0.1, 0.15) is 0 Å². The maximum atomic E-state index is 12.9. The number of rotatable bonds is 4. The first-order valence-electron chi connectivity index (χ1n) is 8.84. The molecule has 1 amide bonds. The SMILES string of the molecule is Cn1cc(S(=O)(=O)N2CCC(C(=O)Nc3ccccc3)CC2)c(=O)n(C)c1=O. The molecular formula is C18H22N4O5S. The smallest absolute Gasteiger partial charge is 0.326 e. The minimum Gasteiger partial charge on any atom is -0.326 e. The van der Waals surface area contributed by atoms with Crippen LogP contribution in [0.25, 0.3) is 0 Å². The molecule has 1 saturated heterocycles. The predicted molar refractivity (Wildman–Crippen MR) is 103 cm³/mol. The minimum absolute atomic E-state index is 0.126. The van der Waals surface area contributed by atoms with E-state index in [0.717, 1.165) is 15.3 Å². The summed E-state index contributed by atoms with van der Waals surface area (Å²) in [5, 5.41) is 2.83. The molecule has 0 spiro atoms. The van der Waals surface area contributed by atoms with Crippen molar-refractivity contribution in [2.24, 2.45) is 20.0 Å². The quantitative estimate of drug-likeness (QED) is 0.776. The number of para-hydroxylation sites is 1. The Morgan fingerprint density at radius 1 is 1.07 bits per heavy atom. The molecule has 2 aromatic rings. The van der Waals surface area contributed by atoms with E-state index < -0.39 is 26.2 Å². The summed E-state index contributed by atoms with van der Waals surface area (Å²) in [6.45, 7) is 0.252. The molecule has 0 saturated carbocycles. The van der Waals surface area contributed by atoms with Gasteiger partial charge in [-0.1, -0.05) is 18.2 Å². The molecule has 3 rings (SSSR count). The monoisotopic (exact) mass is 406 g/mol. The van der Waals surface area contributed by atoms with Crippen molar-refractivity contribution in [1.82, 2.24) is 13.4 Å². The van der Waals surface area contributed by atoms with E-state index in [2.05, 4.69) is 5.32 Å². The van der Waals surface area contributed by atoms with Crippen LogP contribution in [0.2, 0.25) is 0 Å². The molecule has 0 atom stereocenters. The molecule has 0 bridgehead atoms. The number of sulfonamides is 1. The van der Waals surface area contributed by atoms with Crippen molar-refractivity contribution in [3.8, 4) is 0 Å². The summed E-state index contributed by atoms with van der Waals surface area (Å²) in [4.78, 5) is 36.0. The molecular weight excluding hydrogens is 384 g/mol. The summed E-state index contributed by atoms with van der Waals surface area (Å²) in [5.41, 5.74) is -0.761. The van der Waals surface area contributed by atoms with Gasteiger partial charge in [0.05, 0.1) is 0 Å². The number of carbonyl (C=O) groups is 1. The Kier molecular flexibility index (Phi) is 5.52. The molecule has 1 aromatic carbocycles. The molecule has 1 aromatic heterocycles. The second kappa shape index (κ2) is 7.72. The summed E-state index contributed by atoms with van der Waals surface area (Å²) in [6, 6.07) is 9.06. The molecule has 150 valence electrons. The molecule has 10 heteroatoms. The highest BCUT2D eigenvalue weighted by atomic mass is 32.2. The third-order valence-corrected chi connectivity index (χ3v) is 6.78. The molecule has 0 unspecified atom stereocenters. The average molecular weight is 406 g/mol. The maximum absolute atomic E-state index is 12.9. The van der Waals surface area contributed by atoms with Gasteiger partial charge in [0.15, 0.2) is 4.90 Å². The van der Waals surface area contributed by atoms with E-state index in [1.807, 2.05) is 18.2 Å². The van der Waals surface area contributed by atoms with Crippen LogP contribution in [0.5, 0.6) is 0 Å². The molecule has 0 radical (unpaired) electrons. The van der Waals surface area contributed by atoms with Crippen LogP contribution in [0.1, 0.15) is 12.8 Å². The van der Waals surface area contributed by atoms with Gasteiger partial charge in [0.25, 0.3) is 5.56 Å². The van der Waals surface area contributed by atoms with E-state index in [1.165, 1.54) is 18.4 Å².